The van der Waals surface area contributed by atoms with Crippen LogP contribution in [0.5, 0.6) is 0 Å². The van der Waals surface area contributed by atoms with E-state index in [1.165, 1.54) is 0 Å². The molecule has 0 radical (unpaired) electrons. The molecule has 0 aliphatic carbocycles. The third-order valence-corrected chi connectivity index (χ3v) is 3.85. The molecule has 0 unspecified atom stereocenters. The van der Waals surface area contributed by atoms with Gasteiger partial charge in [-0.3, -0.25) is 0 Å². The Morgan fingerprint density at radius 2 is 1.71 bits per heavy atom. The van der Waals surface area contributed by atoms with E-state index in [-0.39, 0.29) is 0 Å². The zero-order valence-corrected chi connectivity index (χ0v) is 14.7. The fourth-order valence-corrected chi connectivity index (χ4v) is 2.68. The number of halogens is 1. The Labute approximate surface area is 136 Å². The van der Waals surface area contributed by atoms with Gasteiger partial charge in [-0.25, -0.2) is 0 Å². The highest BCUT2D eigenvalue weighted by molar-refractivity contribution is 9.10. The number of benzene rings is 1. The van der Waals surface area contributed by atoms with Gasteiger partial charge >= 0.3 is 0 Å². The van der Waals surface area contributed by atoms with Crippen molar-refractivity contribution in [3.05, 3.63) is 28.2 Å². The van der Waals surface area contributed by atoms with Crippen LogP contribution in [0, 0.1) is 0 Å². The summed E-state index contributed by atoms with van der Waals surface area (Å²) in [5.41, 5.74) is 2.00. The molecule has 0 saturated carbocycles. The molecule has 4 nitrogen and oxygen atoms in total. The summed E-state index contributed by atoms with van der Waals surface area (Å²) in [6.45, 7) is 10.2. The molecule has 5 heteroatoms. The lowest BCUT2D eigenvalue weighted by Gasteiger charge is -2.26. The largest absolute Gasteiger partial charge is 0.389 e. The number of ether oxygens (including phenoxy) is 2. The molecule has 1 N–H and O–H groups in total. The van der Waals surface area contributed by atoms with Crippen molar-refractivity contribution in [2.45, 2.75) is 26.9 Å². The van der Waals surface area contributed by atoms with Gasteiger partial charge in [-0.15, -0.1) is 0 Å². The highest BCUT2D eigenvalue weighted by Crippen LogP contribution is 2.29. The van der Waals surface area contributed by atoms with Crippen LogP contribution in [0.25, 0.3) is 0 Å². The van der Waals surface area contributed by atoms with Crippen LogP contribution in [0.4, 0.5) is 5.69 Å². The van der Waals surface area contributed by atoms with Crippen LogP contribution < -0.4 is 4.90 Å². The lowest BCUT2D eigenvalue weighted by Crippen LogP contribution is -2.31. The van der Waals surface area contributed by atoms with E-state index < -0.39 is 6.10 Å². The van der Waals surface area contributed by atoms with Gasteiger partial charge in [-0.05, 0) is 54.4 Å². The SMILES string of the molecule is CCOCCN(CCOCC)c1ccc([C@@H](C)O)cc1Br. The highest BCUT2D eigenvalue weighted by Gasteiger charge is 2.12. The Morgan fingerprint density at radius 3 is 2.14 bits per heavy atom. The summed E-state index contributed by atoms with van der Waals surface area (Å²) < 4.78 is 11.9. The maximum Gasteiger partial charge on any atom is 0.0762 e. The van der Waals surface area contributed by atoms with Crippen LogP contribution in [0.3, 0.4) is 0 Å². The summed E-state index contributed by atoms with van der Waals surface area (Å²) in [5.74, 6) is 0. The van der Waals surface area contributed by atoms with E-state index in [1.54, 1.807) is 6.92 Å². The fourth-order valence-electron chi connectivity index (χ4n) is 2.03. The molecule has 0 saturated heterocycles. The number of nitrogens with zero attached hydrogens (tertiary/aromatic N) is 1. The van der Waals surface area contributed by atoms with E-state index >= 15 is 0 Å². The lowest BCUT2D eigenvalue weighted by atomic mass is 10.1. The first-order valence-electron chi connectivity index (χ1n) is 7.48. The minimum absolute atomic E-state index is 0.462. The van der Waals surface area contributed by atoms with Gasteiger partial charge in [0.05, 0.1) is 25.0 Å². The van der Waals surface area contributed by atoms with Gasteiger partial charge in [0, 0.05) is 30.8 Å². The van der Waals surface area contributed by atoms with E-state index in [0.29, 0.717) is 13.2 Å². The lowest BCUT2D eigenvalue weighted by molar-refractivity contribution is 0.141. The zero-order valence-electron chi connectivity index (χ0n) is 13.1. The van der Waals surface area contributed by atoms with Crippen LogP contribution >= 0.6 is 15.9 Å². The van der Waals surface area contributed by atoms with Gasteiger partial charge in [-0.1, -0.05) is 6.07 Å². The third kappa shape index (κ3) is 6.34. The molecule has 1 aromatic carbocycles. The van der Waals surface area contributed by atoms with Gasteiger partial charge in [0.1, 0.15) is 0 Å². The molecule has 0 aliphatic heterocycles. The average Bonchev–Trinajstić information content (AvgIpc) is 2.46. The molecule has 0 heterocycles. The van der Waals surface area contributed by atoms with Crippen molar-refractivity contribution in [2.75, 3.05) is 44.4 Å². The number of rotatable bonds is 10. The van der Waals surface area contributed by atoms with Crippen molar-refractivity contribution in [1.82, 2.24) is 0 Å². The summed E-state index contributed by atoms with van der Waals surface area (Å²) in [7, 11) is 0. The molecule has 0 amide bonds. The number of aliphatic hydroxyl groups excluding tert-OH is 1. The Balaban J connectivity index is 2.79. The molecule has 0 aliphatic rings. The summed E-state index contributed by atoms with van der Waals surface area (Å²) in [6, 6.07) is 5.96. The Kier molecular flexibility index (Phi) is 8.92. The summed E-state index contributed by atoms with van der Waals surface area (Å²) >= 11 is 3.60. The first-order chi connectivity index (χ1) is 10.1. The van der Waals surface area contributed by atoms with Crippen molar-refractivity contribution in [3.8, 4) is 0 Å². The minimum atomic E-state index is -0.462. The van der Waals surface area contributed by atoms with Gasteiger partial charge in [0.2, 0.25) is 0 Å². The molecule has 21 heavy (non-hydrogen) atoms. The van der Waals surface area contributed by atoms with Gasteiger partial charge in [0.25, 0.3) is 0 Å². The molecular formula is C16H26BrNO3. The Bertz CT molecular complexity index is 403. The first-order valence-corrected chi connectivity index (χ1v) is 8.27. The van der Waals surface area contributed by atoms with Crippen LogP contribution in [-0.4, -0.2) is 44.6 Å². The normalized spacial score (nSPS) is 12.4. The Morgan fingerprint density at radius 1 is 1.14 bits per heavy atom. The molecule has 0 aromatic heterocycles. The summed E-state index contributed by atoms with van der Waals surface area (Å²) in [5, 5.41) is 9.65. The number of aliphatic hydroxyl groups is 1. The quantitative estimate of drug-likeness (QED) is 0.650. The molecule has 120 valence electrons. The van der Waals surface area contributed by atoms with E-state index in [4.69, 9.17) is 9.47 Å². The minimum Gasteiger partial charge on any atom is -0.389 e. The van der Waals surface area contributed by atoms with E-state index in [2.05, 4.69) is 20.8 Å². The topological polar surface area (TPSA) is 41.9 Å². The van der Waals surface area contributed by atoms with Crippen molar-refractivity contribution < 1.29 is 14.6 Å². The standard InChI is InChI=1S/C16H26BrNO3/c1-4-20-10-8-18(9-11-21-5-2)16-7-6-14(13(3)19)12-15(16)17/h6-7,12-13,19H,4-5,8-11H2,1-3H3/t13-/m1/s1. The molecule has 1 aromatic rings. The summed E-state index contributed by atoms with van der Waals surface area (Å²) in [6.07, 6.45) is -0.462. The van der Waals surface area contributed by atoms with Crippen LogP contribution in [-0.2, 0) is 9.47 Å². The fraction of sp³-hybridized carbons (Fsp3) is 0.625. The van der Waals surface area contributed by atoms with E-state index in [9.17, 15) is 5.11 Å². The number of hydrogen-bond acceptors (Lipinski definition) is 4. The Hall–Kier alpha value is -0.620. The maximum atomic E-state index is 9.65. The van der Waals surface area contributed by atoms with Gasteiger partial charge in [0.15, 0.2) is 0 Å². The summed E-state index contributed by atoms with van der Waals surface area (Å²) in [4.78, 5) is 2.24. The maximum absolute atomic E-state index is 9.65. The predicted octanol–water partition coefficient (Wildman–Crippen LogP) is 3.38. The van der Waals surface area contributed by atoms with Crippen molar-refractivity contribution in [1.29, 1.82) is 0 Å². The van der Waals surface area contributed by atoms with Gasteiger partial charge in [-0.2, -0.15) is 0 Å². The first kappa shape index (κ1) is 18.4. The van der Waals surface area contributed by atoms with Crippen LogP contribution in [0.15, 0.2) is 22.7 Å². The second-order valence-corrected chi connectivity index (χ2v) is 5.62. The van der Waals surface area contributed by atoms with Crippen LogP contribution in [0.2, 0.25) is 0 Å². The predicted molar refractivity (Wildman–Crippen MR) is 90.0 cm³/mol. The van der Waals surface area contributed by atoms with Crippen LogP contribution in [0.1, 0.15) is 32.4 Å². The third-order valence-electron chi connectivity index (χ3n) is 3.21. The van der Waals surface area contributed by atoms with Crippen molar-refractivity contribution >= 4 is 21.6 Å². The zero-order chi connectivity index (χ0) is 15.7. The molecular weight excluding hydrogens is 334 g/mol. The van der Waals surface area contributed by atoms with E-state index in [0.717, 1.165) is 42.0 Å². The van der Waals surface area contributed by atoms with Gasteiger partial charge < -0.3 is 19.5 Å². The molecule has 0 fully saturated rings. The number of hydrogen-bond donors (Lipinski definition) is 1. The van der Waals surface area contributed by atoms with Crippen molar-refractivity contribution in [2.24, 2.45) is 0 Å². The second-order valence-electron chi connectivity index (χ2n) is 4.77. The molecule has 1 rings (SSSR count). The van der Waals surface area contributed by atoms with E-state index in [1.807, 2.05) is 32.0 Å². The molecule has 0 bridgehead atoms. The van der Waals surface area contributed by atoms with Crippen molar-refractivity contribution in [3.63, 3.8) is 0 Å². The molecule has 1 atom stereocenters. The second kappa shape index (κ2) is 10.2. The highest BCUT2D eigenvalue weighted by atomic mass is 79.9. The monoisotopic (exact) mass is 359 g/mol. The smallest absolute Gasteiger partial charge is 0.0762 e. The molecule has 0 spiro atoms. The average molecular weight is 360 g/mol. The number of anilines is 1.